The second-order valence-corrected chi connectivity index (χ2v) is 18.7. The minimum Gasteiger partial charge on any atom is -0.420 e. The van der Waals surface area contributed by atoms with E-state index in [0.29, 0.717) is 5.04 Å². The van der Waals surface area contributed by atoms with Gasteiger partial charge in [0.1, 0.15) is 8.24 Å². The molecule has 132 valence electrons. The fraction of sp³-hybridized carbons (Fsp3) is 1.00. The molecular weight excluding hydrogens is 304 g/mol. The van der Waals surface area contributed by atoms with Gasteiger partial charge >= 0.3 is 0 Å². The predicted octanol–water partition coefficient (Wildman–Crippen LogP) is 4.24. The van der Waals surface area contributed by atoms with Gasteiger partial charge in [0.05, 0.1) is 0 Å². The van der Waals surface area contributed by atoms with Gasteiger partial charge in [0.25, 0.3) is 0 Å². The van der Waals surface area contributed by atoms with Crippen LogP contribution in [0.3, 0.4) is 0 Å². The summed E-state index contributed by atoms with van der Waals surface area (Å²) in [7, 11) is -0.767. The molecule has 0 amide bonds. The summed E-state index contributed by atoms with van der Waals surface area (Å²) < 4.78 is 8.46. The lowest BCUT2D eigenvalue weighted by molar-refractivity contribution is 0.178. The van der Waals surface area contributed by atoms with E-state index >= 15 is 0 Å². The van der Waals surface area contributed by atoms with Crippen LogP contribution in [0.2, 0.25) is 37.3 Å². The van der Waals surface area contributed by atoms with Gasteiger partial charge in [-0.25, -0.2) is 0 Å². The van der Waals surface area contributed by atoms with E-state index in [9.17, 15) is 0 Å². The summed E-state index contributed by atoms with van der Waals surface area (Å²) in [4.78, 5) is 2.67. The van der Waals surface area contributed by atoms with Gasteiger partial charge in [-0.3, -0.25) is 0 Å². The summed E-state index contributed by atoms with van der Waals surface area (Å²) in [6.07, 6.45) is 2.66. The highest BCUT2D eigenvalue weighted by Crippen LogP contribution is 2.38. The lowest BCUT2D eigenvalue weighted by Crippen LogP contribution is -2.61. The first-order valence-electron chi connectivity index (χ1n) is 9.02. The zero-order valence-electron chi connectivity index (χ0n) is 16.5. The summed E-state index contributed by atoms with van der Waals surface area (Å²) in [6.45, 7) is 23.3. The van der Waals surface area contributed by atoms with Crippen LogP contribution in [0, 0.1) is 0 Å². The van der Waals surface area contributed by atoms with Crippen molar-refractivity contribution >= 4 is 16.6 Å². The van der Waals surface area contributed by atoms with Crippen molar-refractivity contribution in [3.05, 3.63) is 0 Å². The van der Waals surface area contributed by atoms with E-state index in [0.717, 1.165) is 0 Å². The molecule has 3 nitrogen and oxygen atoms in total. The number of piperazine rings is 1. The van der Waals surface area contributed by atoms with Crippen molar-refractivity contribution < 1.29 is 4.43 Å². The van der Waals surface area contributed by atoms with E-state index < -0.39 is 16.6 Å². The van der Waals surface area contributed by atoms with Crippen LogP contribution in [0.25, 0.3) is 0 Å². The van der Waals surface area contributed by atoms with Crippen LogP contribution < -0.4 is 0 Å². The molecular formula is C17H40N2OSi2. The average Bonchev–Trinajstić information content (AvgIpc) is 2.43. The normalized spacial score (nSPS) is 19.6. The largest absolute Gasteiger partial charge is 0.420 e. The molecule has 1 saturated heterocycles. The molecule has 0 aromatic carbocycles. The summed E-state index contributed by atoms with van der Waals surface area (Å²) in [6, 6.07) is 1.30. The molecule has 22 heavy (non-hydrogen) atoms. The van der Waals surface area contributed by atoms with Gasteiger partial charge in [-0.1, -0.05) is 40.3 Å². The lowest BCUT2D eigenvalue weighted by Gasteiger charge is -2.49. The topological polar surface area (TPSA) is 15.7 Å². The third-order valence-corrected chi connectivity index (χ3v) is 14.4. The molecule has 1 rings (SSSR count). The van der Waals surface area contributed by atoms with Crippen LogP contribution in [-0.4, -0.2) is 65.9 Å². The first-order valence-corrected chi connectivity index (χ1v) is 15.1. The first-order chi connectivity index (χ1) is 9.99. The van der Waals surface area contributed by atoms with E-state index in [1.54, 1.807) is 0 Å². The molecule has 1 aliphatic heterocycles. The zero-order valence-corrected chi connectivity index (χ0v) is 18.5. The molecule has 0 bridgehead atoms. The Morgan fingerprint density at radius 3 is 1.91 bits per heavy atom. The van der Waals surface area contributed by atoms with Crippen molar-refractivity contribution in [2.24, 2.45) is 0 Å². The highest BCUT2D eigenvalue weighted by atomic mass is 28.4. The number of nitrogens with zero attached hydrogens (tertiary/aromatic N) is 2. The molecule has 0 atom stereocenters. The predicted molar refractivity (Wildman–Crippen MR) is 104 cm³/mol. The van der Waals surface area contributed by atoms with Gasteiger partial charge in [-0.15, -0.1) is 0 Å². The van der Waals surface area contributed by atoms with Crippen LogP contribution in [0.5, 0.6) is 0 Å². The Balaban J connectivity index is 2.29. The molecule has 1 heterocycles. The van der Waals surface area contributed by atoms with Crippen molar-refractivity contribution in [2.75, 3.05) is 39.8 Å². The van der Waals surface area contributed by atoms with Gasteiger partial charge in [0.15, 0.2) is 8.32 Å². The molecule has 0 radical (unpaired) electrons. The fourth-order valence-electron chi connectivity index (χ4n) is 2.99. The van der Waals surface area contributed by atoms with Crippen LogP contribution in [0.4, 0.5) is 0 Å². The Hall–Kier alpha value is 0.314. The Bertz CT molecular complexity index is 332. The summed E-state index contributed by atoms with van der Waals surface area (Å²) in [5.74, 6) is 0. The molecule has 0 spiro atoms. The maximum Gasteiger partial charge on any atom is 0.186 e. The Labute approximate surface area is 141 Å². The number of unbranched alkanes of at least 4 members (excludes halogenated alkanes) is 1. The Morgan fingerprint density at radius 2 is 1.45 bits per heavy atom. The Morgan fingerprint density at radius 1 is 0.909 bits per heavy atom. The molecule has 5 heteroatoms. The Kier molecular flexibility index (Phi) is 7.33. The van der Waals surface area contributed by atoms with Gasteiger partial charge in [0, 0.05) is 33.3 Å². The minimum atomic E-state index is -1.34. The van der Waals surface area contributed by atoms with Crippen LogP contribution in [0.15, 0.2) is 0 Å². The molecule has 0 N–H and O–H groups in total. The van der Waals surface area contributed by atoms with Gasteiger partial charge < -0.3 is 13.9 Å². The zero-order chi connectivity index (χ0) is 17.0. The monoisotopic (exact) mass is 344 g/mol. The number of rotatable bonds is 7. The maximum absolute atomic E-state index is 5.64. The van der Waals surface area contributed by atoms with E-state index in [1.165, 1.54) is 51.6 Å². The molecule has 0 saturated carbocycles. The first kappa shape index (κ1) is 20.4. The summed E-state index contributed by atoms with van der Waals surface area (Å²) in [5.41, 5.74) is 0. The molecule has 1 fully saturated rings. The molecule has 1 aliphatic rings. The third kappa shape index (κ3) is 5.75. The highest BCUT2D eigenvalue weighted by molar-refractivity contribution is 6.77. The quantitative estimate of drug-likeness (QED) is 0.507. The van der Waals surface area contributed by atoms with Crippen molar-refractivity contribution in [2.45, 2.75) is 70.9 Å². The summed E-state index contributed by atoms with van der Waals surface area (Å²) in [5, 5.41) is 0.464. The smallest absolute Gasteiger partial charge is 0.186 e. The van der Waals surface area contributed by atoms with E-state index in [1.807, 2.05) is 7.11 Å². The second-order valence-electron chi connectivity index (χ2n) is 9.06. The van der Waals surface area contributed by atoms with Crippen LogP contribution >= 0.6 is 0 Å². The minimum absolute atomic E-state index is 0.464. The SMILES string of the molecule is CO[Si](C)(C)CCCCN1CCN([Si](C)(C)C(C)(C)C)CC1. The van der Waals surface area contributed by atoms with Crippen molar-refractivity contribution in [1.29, 1.82) is 0 Å². The lowest BCUT2D eigenvalue weighted by atomic mass is 10.2. The molecule has 0 aromatic rings. The molecule has 0 aromatic heterocycles. The third-order valence-electron chi connectivity index (χ3n) is 6.05. The fourth-order valence-corrected chi connectivity index (χ4v) is 6.57. The van der Waals surface area contributed by atoms with Crippen molar-refractivity contribution in [1.82, 2.24) is 9.47 Å². The maximum atomic E-state index is 5.64. The average molecular weight is 345 g/mol. The van der Waals surface area contributed by atoms with Gasteiger partial charge in [0.2, 0.25) is 0 Å². The number of hydrogen-bond donors (Lipinski definition) is 0. The van der Waals surface area contributed by atoms with Crippen LogP contribution in [0.1, 0.15) is 33.6 Å². The van der Waals surface area contributed by atoms with Crippen LogP contribution in [-0.2, 0) is 4.43 Å². The van der Waals surface area contributed by atoms with Crippen molar-refractivity contribution in [3.63, 3.8) is 0 Å². The van der Waals surface area contributed by atoms with E-state index in [4.69, 9.17) is 4.43 Å². The van der Waals surface area contributed by atoms with Crippen molar-refractivity contribution in [3.8, 4) is 0 Å². The van der Waals surface area contributed by atoms with E-state index in [-0.39, 0.29) is 0 Å². The summed E-state index contributed by atoms with van der Waals surface area (Å²) >= 11 is 0. The van der Waals surface area contributed by atoms with Gasteiger partial charge in [-0.05, 0) is 37.1 Å². The molecule has 0 unspecified atom stereocenters. The standard InChI is InChI=1S/C17H40N2OSi2/c1-17(2,3)22(7,8)19-14-12-18(13-15-19)11-9-10-16-21(5,6)20-4/h9-16H2,1-8H3. The van der Waals surface area contributed by atoms with E-state index in [2.05, 4.69) is 56.4 Å². The molecule has 0 aliphatic carbocycles. The second kappa shape index (κ2) is 7.92. The van der Waals surface area contributed by atoms with Gasteiger partial charge in [-0.2, -0.15) is 0 Å². The highest BCUT2D eigenvalue weighted by Gasteiger charge is 2.41. The number of hydrogen-bond acceptors (Lipinski definition) is 3.